The van der Waals surface area contributed by atoms with Crippen LogP contribution in [-0.4, -0.2) is 0 Å². The average molecular weight is 234 g/mol. The Kier molecular flexibility index (Phi) is 5.96. The van der Waals surface area contributed by atoms with Crippen LogP contribution in [0.15, 0.2) is 30.9 Å². The van der Waals surface area contributed by atoms with E-state index in [1.165, 1.54) is 12.8 Å². The molecule has 1 atom stereocenters. The molecule has 0 nitrogen and oxygen atoms in total. The van der Waals surface area contributed by atoms with E-state index in [0.717, 1.165) is 30.4 Å². The fourth-order valence-electron chi connectivity index (χ4n) is 2.11. The Morgan fingerprint density at radius 3 is 2.71 bits per heavy atom. The van der Waals surface area contributed by atoms with Crippen molar-refractivity contribution in [3.8, 4) is 0 Å². The van der Waals surface area contributed by atoms with Gasteiger partial charge < -0.3 is 0 Å². The number of aryl methyl sites for hydroxylation is 2. The third-order valence-corrected chi connectivity index (χ3v) is 3.27. The molecule has 0 aliphatic carbocycles. The summed E-state index contributed by atoms with van der Waals surface area (Å²) in [7, 11) is 0. The lowest BCUT2D eigenvalue weighted by Gasteiger charge is -2.10. The van der Waals surface area contributed by atoms with E-state index in [1.54, 1.807) is 13.0 Å². The maximum Gasteiger partial charge on any atom is 0.126 e. The number of allylic oxidation sites excluding steroid dienone is 1. The van der Waals surface area contributed by atoms with Crippen LogP contribution in [0.2, 0.25) is 0 Å². The second-order valence-electron chi connectivity index (χ2n) is 4.76. The maximum atomic E-state index is 13.3. The Morgan fingerprint density at radius 1 is 1.35 bits per heavy atom. The van der Waals surface area contributed by atoms with E-state index in [0.29, 0.717) is 5.92 Å². The molecule has 0 aliphatic rings. The molecular formula is C16H23F. The molecule has 0 amide bonds. The zero-order chi connectivity index (χ0) is 12.7. The standard InChI is InChI=1S/C16H23F/c1-4-7-14(5-2)8-6-9-15-11-10-13(3)16(17)12-15/h5,10-12,14H,2,4,6-9H2,1,3H3. The minimum absolute atomic E-state index is 0.0867. The molecule has 0 fully saturated rings. The van der Waals surface area contributed by atoms with Gasteiger partial charge >= 0.3 is 0 Å². The summed E-state index contributed by atoms with van der Waals surface area (Å²) < 4.78 is 13.3. The molecule has 1 aromatic carbocycles. The Morgan fingerprint density at radius 2 is 2.12 bits per heavy atom. The van der Waals surface area contributed by atoms with Gasteiger partial charge in [-0.3, -0.25) is 0 Å². The summed E-state index contributed by atoms with van der Waals surface area (Å²) in [6.07, 6.45) is 7.71. The highest BCUT2D eigenvalue weighted by molar-refractivity contribution is 5.23. The number of benzene rings is 1. The second kappa shape index (κ2) is 7.26. The largest absolute Gasteiger partial charge is 0.207 e. The molecule has 17 heavy (non-hydrogen) atoms. The topological polar surface area (TPSA) is 0 Å². The summed E-state index contributed by atoms with van der Waals surface area (Å²) in [5.41, 5.74) is 1.83. The molecule has 1 aromatic rings. The van der Waals surface area contributed by atoms with E-state index in [2.05, 4.69) is 19.6 Å². The lowest BCUT2D eigenvalue weighted by atomic mass is 9.95. The van der Waals surface area contributed by atoms with Gasteiger partial charge in [-0.25, -0.2) is 4.39 Å². The van der Waals surface area contributed by atoms with E-state index < -0.39 is 0 Å². The van der Waals surface area contributed by atoms with E-state index in [4.69, 9.17) is 0 Å². The van der Waals surface area contributed by atoms with Crippen molar-refractivity contribution in [1.82, 2.24) is 0 Å². The highest BCUT2D eigenvalue weighted by Crippen LogP contribution is 2.17. The van der Waals surface area contributed by atoms with Crippen LogP contribution in [0, 0.1) is 18.7 Å². The van der Waals surface area contributed by atoms with Gasteiger partial charge in [-0.05, 0) is 55.7 Å². The summed E-state index contributed by atoms with van der Waals surface area (Å²) in [5, 5.41) is 0. The molecule has 0 N–H and O–H groups in total. The van der Waals surface area contributed by atoms with Gasteiger partial charge in [0, 0.05) is 0 Å². The van der Waals surface area contributed by atoms with Crippen molar-refractivity contribution in [3.05, 3.63) is 47.8 Å². The molecule has 1 unspecified atom stereocenters. The van der Waals surface area contributed by atoms with Crippen LogP contribution in [0.5, 0.6) is 0 Å². The van der Waals surface area contributed by atoms with E-state index >= 15 is 0 Å². The molecule has 0 bridgehead atoms. The van der Waals surface area contributed by atoms with Crippen molar-refractivity contribution in [2.75, 3.05) is 0 Å². The summed E-state index contributed by atoms with van der Waals surface area (Å²) in [6, 6.07) is 5.56. The van der Waals surface area contributed by atoms with Crippen molar-refractivity contribution in [3.63, 3.8) is 0 Å². The monoisotopic (exact) mass is 234 g/mol. The zero-order valence-electron chi connectivity index (χ0n) is 11.0. The molecule has 0 saturated heterocycles. The molecule has 0 spiro atoms. The van der Waals surface area contributed by atoms with Crippen LogP contribution in [-0.2, 0) is 6.42 Å². The van der Waals surface area contributed by atoms with Gasteiger partial charge in [-0.2, -0.15) is 0 Å². The van der Waals surface area contributed by atoms with Crippen LogP contribution >= 0.6 is 0 Å². The van der Waals surface area contributed by atoms with Crippen molar-refractivity contribution in [2.24, 2.45) is 5.92 Å². The molecule has 0 heterocycles. The van der Waals surface area contributed by atoms with Crippen molar-refractivity contribution >= 4 is 0 Å². The lowest BCUT2D eigenvalue weighted by Crippen LogP contribution is -1.97. The van der Waals surface area contributed by atoms with Gasteiger partial charge in [0.25, 0.3) is 0 Å². The molecule has 0 radical (unpaired) electrons. The Bertz CT molecular complexity index is 355. The van der Waals surface area contributed by atoms with E-state index in [9.17, 15) is 4.39 Å². The van der Waals surface area contributed by atoms with Gasteiger partial charge in [-0.1, -0.05) is 31.6 Å². The lowest BCUT2D eigenvalue weighted by molar-refractivity contribution is 0.516. The smallest absolute Gasteiger partial charge is 0.126 e. The summed E-state index contributed by atoms with van der Waals surface area (Å²) >= 11 is 0. The quantitative estimate of drug-likeness (QED) is 0.578. The van der Waals surface area contributed by atoms with Crippen molar-refractivity contribution in [1.29, 1.82) is 0 Å². The number of halogens is 1. The molecule has 0 aliphatic heterocycles. The first kappa shape index (κ1) is 14.0. The molecular weight excluding hydrogens is 211 g/mol. The summed E-state index contributed by atoms with van der Waals surface area (Å²) in [6.45, 7) is 7.87. The van der Waals surface area contributed by atoms with E-state index in [1.807, 2.05) is 12.1 Å². The van der Waals surface area contributed by atoms with Gasteiger partial charge in [0.15, 0.2) is 0 Å². The highest BCUT2D eigenvalue weighted by atomic mass is 19.1. The third kappa shape index (κ3) is 4.72. The minimum atomic E-state index is -0.0867. The van der Waals surface area contributed by atoms with Crippen LogP contribution in [0.25, 0.3) is 0 Å². The predicted molar refractivity (Wildman–Crippen MR) is 72.7 cm³/mol. The highest BCUT2D eigenvalue weighted by Gasteiger charge is 2.04. The SMILES string of the molecule is C=CC(CCC)CCCc1ccc(C)c(F)c1. The van der Waals surface area contributed by atoms with Crippen LogP contribution in [0.1, 0.15) is 43.7 Å². The molecule has 94 valence electrons. The van der Waals surface area contributed by atoms with Crippen molar-refractivity contribution in [2.45, 2.75) is 46.0 Å². The third-order valence-electron chi connectivity index (χ3n) is 3.27. The minimum Gasteiger partial charge on any atom is -0.207 e. The first-order valence-corrected chi connectivity index (χ1v) is 6.55. The maximum absolute atomic E-state index is 13.3. The van der Waals surface area contributed by atoms with Crippen LogP contribution in [0.4, 0.5) is 4.39 Å². The summed E-state index contributed by atoms with van der Waals surface area (Å²) in [5.74, 6) is 0.534. The van der Waals surface area contributed by atoms with Gasteiger partial charge in [-0.15, -0.1) is 6.58 Å². The first-order valence-electron chi connectivity index (χ1n) is 6.55. The number of hydrogen-bond donors (Lipinski definition) is 0. The second-order valence-corrected chi connectivity index (χ2v) is 4.76. The van der Waals surface area contributed by atoms with E-state index in [-0.39, 0.29) is 5.82 Å². The van der Waals surface area contributed by atoms with Gasteiger partial charge in [0.1, 0.15) is 5.82 Å². The number of rotatable bonds is 7. The zero-order valence-corrected chi connectivity index (χ0v) is 11.0. The first-order chi connectivity index (χ1) is 8.17. The van der Waals surface area contributed by atoms with Crippen LogP contribution < -0.4 is 0 Å². The molecule has 1 rings (SSSR count). The fraction of sp³-hybridized carbons (Fsp3) is 0.500. The van der Waals surface area contributed by atoms with Crippen molar-refractivity contribution < 1.29 is 4.39 Å². The Labute approximate surface area is 105 Å². The average Bonchev–Trinajstić information content (AvgIpc) is 2.32. The Balaban J connectivity index is 2.39. The predicted octanol–water partition coefficient (Wildman–Crippen LogP) is 5.06. The van der Waals surface area contributed by atoms with Gasteiger partial charge in [0.2, 0.25) is 0 Å². The fourth-order valence-corrected chi connectivity index (χ4v) is 2.11. The molecule has 0 aromatic heterocycles. The molecule has 1 heteroatoms. The van der Waals surface area contributed by atoms with Gasteiger partial charge in [0.05, 0.1) is 0 Å². The molecule has 0 saturated carbocycles. The summed E-state index contributed by atoms with van der Waals surface area (Å²) in [4.78, 5) is 0. The normalized spacial score (nSPS) is 12.4. The Hall–Kier alpha value is -1.11. The van der Waals surface area contributed by atoms with Crippen LogP contribution in [0.3, 0.4) is 0 Å². The number of hydrogen-bond acceptors (Lipinski definition) is 0.